The lowest BCUT2D eigenvalue weighted by Crippen LogP contribution is -2.33. The lowest BCUT2D eigenvalue weighted by atomic mass is 10.1. The molecule has 0 radical (unpaired) electrons. The number of benzene rings is 1. The third kappa shape index (κ3) is 3.57. The minimum Gasteiger partial charge on any atom is -0.289 e. The summed E-state index contributed by atoms with van der Waals surface area (Å²) in [4.78, 5) is 33.1. The molecule has 0 N–H and O–H groups in total. The fourth-order valence-corrected chi connectivity index (χ4v) is 5.60. The molecule has 168 valence electrons. The molecule has 6 rings (SSSR count). The molecule has 0 spiro atoms. The van der Waals surface area contributed by atoms with Gasteiger partial charge in [0.1, 0.15) is 18.3 Å². The molecule has 0 fully saturated rings. The highest BCUT2D eigenvalue weighted by Crippen LogP contribution is 2.36. The van der Waals surface area contributed by atoms with Crippen LogP contribution in [0.25, 0.3) is 16.7 Å². The maximum Gasteiger partial charge on any atom is 0.264 e. The SMILES string of the molecule is O=C(Cn1cnc2c(cnn2-c2ccccc2)c1=O)N1N=C(c2cccs2)CC1c1cccs1. The van der Waals surface area contributed by atoms with Crippen molar-refractivity contribution in [1.82, 2.24) is 24.3 Å². The third-order valence-corrected chi connectivity index (χ3v) is 7.60. The molecule has 1 aromatic carbocycles. The van der Waals surface area contributed by atoms with E-state index in [1.807, 2.05) is 65.4 Å². The Kier molecular flexibility index (Phi) is 5.16. The second kappa shape index (κ2) is 8.47. The number of hydrogen-bond acceptors (Lipinski definition) is 7. The molecule has 0 aliphatic carbocycles. The third-order valence-electron chi connectivity index (χ3n) is 5.70. The maximum absolute atomic E-state index is 13.4. The summed E-state index contributed by atoms with van der Waals surface area (Å²) in [6.07, 6.45) is 3.54. The molecular weight excluding hydrogens is 468 g/mol. The Hall–Kier alpha value is -3.89. The number of carbonyl (C=O) groups excluding carboxylic acids is 1. The molecule has 8 nitrogen and oxygen atoms in total. The van der Waals surface area contributed by atoms with E-state index in [1.54, 1.807) is 27.4 Å². The number of thiophene rings is 2. The van der Waals surface area contributed by atoms with Crippen LogP contribution < -0.4 is 5.56 Å². The van der Waals surface area contributed by atoms with Crippen LogP contribution in [0.4, 0.5) is 0 Å². The Bertz CT molecular complexity index is 1550. The van der Waals surface area contributed by atoms with Crippen LogP contribution in [0, 0.1) is 0 Å². The highest BCUT2D eigenvalue weighted by Gasteiger charge is 2.34. The van der Waals surface area contributed by atoms with Gasteiger partial charge in [-0.15, -0.1) is 22.7 Å². The van der Waals surface area contributed by atoms with Crippen molar-refractivity contribution in [3.05, 3.63) is 98.0 Å². The van der Waals surface area contributed by atoms with Crippen molar-refractivity contribution >= 4 is 45.3 Å². The normalized spacial score (nSPS) is 15.7. The van der Waals surface area contributed by atoms with Crippen molar-refractivity contribution in [1.29, 1.82) is 0 Å². The van der Waals surface area contributed by atoms with Gasteiger partial charge in [-0.1, -0.05) is 30.3 Å². The van der Waals surface area contributed by atoms with Crippen molar-refractivity contribution in [3.8, 4) is 5.69 Å². The zero-order valence-electron chi connectivity index (χ0n) is 17.8. The van der Waals surface area contributed by atoms with Crippen molar-refractivity contribution < 1.29 is 4.79 Å². The van der Waals surface area contributed by atoms with E-state index in [0.717, 1.165) is 21.2 Å². The van der Waals surface area contributed by atoms with E-state index in [0.29, 0.717) is 17.5 Å². The standard InChI is InChI=1S/C24H18N6O2S2/c31-22(30-19(21-9-5-11-34-21)12-18(27-30)20-8-4-10-33-20)14-28-15-25-23-17(24(28)32)13-26-29(23)16-6-2-1-3-7-16/h1-11,13,15,19H,12,14H2. The van der Waals surface area contributed by atoms with E-state index < -0.39 is 0 Å². The van der Waals surface area contributed by atoms with Gasteiger partial charge in [-0.25, -0.2) is 14.7 Å². The maximum atomic E-state index is 13.4. The highest BCUT2D eigenvalue weighted by molar-refractivity contribution is 7.12. The summed E-state index contributed by atoms with van der Waals surface area (Å²) in [5.41, 5.74) is 1.83. The van der Waals surface area contributed by atoms with Gasteiger partial charge in [0.2, 0.25) is 0 Å². The molecule has 1 amide bonds. The summed E-state index contributed by atoms with van der Waals surface area (Å²) >= 11 is 3.20. The van der Waals surface area contributed by atoms with E-state index in [-0.39, 0.29) is 24.1 Å². The van der Waals surface area contributed by atoms with E-state index in [4.69, 9.17) is 0 Å². The minimum atomic E-state index is -0.310. The molecular formula is C24H18N6O2S2. The van der Waals surface area contributed by atoms with E-state index >= 15 is 0 Å². The number of rotatable bonds is 5. The van der Waals surface area contributed by atoms with Gasteiger partial charge < -0.3 is 0 Å². The molecule has 5 aromatic rings. The zero-order chi connectivity index (χ0) is 23.1. The second-order valence-electron chi connectivity index (χ2n) is 7.80. The number of fused-ring (bicyclic) bond motifs is 1. The second-order valence-corrected chi connectivity index (χ2v) is 9.73. The molecule has 10 heteroatoms. The topological polar surface area (TPSA) is 85.4 Å². The number of amides is 1. The molecule has 1 aliphatic rings. The molecule has 34 heavy (non-hydrogen) atoms. The lowest BCUT2D eigenvalue weighted by Gasteiger charge is -2.21. The van der Waals surface area contributed by atoms with Crippen LogP contribution >= 0.6 is 22.7 Å². The molecule has 0 bridgehead atoms. The van der Waals surface area contributed by atoms with Gasteiger partial charge in [0, 0.05) is 11.3 Å². The fourth-order valence-electron chi connectivity index (χ4n) is 4.07. The monoisotopic (exact) mass is 486 g/mol. The summed E-state index contributed by atoms with van der Waals surface area (Å²) in [6, 6.07) is 17.3. The van der Waals surface area contributed by atoms with Crippen LogP contribution in [0.15, 0.2) is 87.8 Å². The van der Waals surface area contributed by atoms with Gasteiger partial charge in [0.25, 0.3) is 11.5 Å². The quantitative estimate of drug-likeness (QED) is 0.375. The summed E-state index contributed by atoms with van der Waals surface area (Å²) < 4.78 is 2.94. The molecule has 0 saturated heterocycles. The summed E-state index contributed by atoms with van der Waals surface area (Å²) in [5.74, 6) is -0.261. The average molecular weight is 487 g/mol. The smallest absolute Gasteiger partial charge is 0.264 e. The van der Waals surface area contributed by atoms with Crippen molar-refractivity contribution in [2.45, 2.75) is 19.0 Å². The van der Waals surface area contributed by atoms with E-state index in [2.05, 4.69) is 15.2 Å². The Morgan fingerprint density at radius 3 is 2.62 bits per heavy atom. The highest BCUT2D eigenvalue weighted by atomic mass is 32.1. The fraction of sp³-hybridized carbons (Fsp3) is 0.125. The van der Waals surface area contributed by atoms with Crippen LogP contribution in [0.5, 0.6) is 0 Å². The number of hydrazone groups is 1. The molecule has 1 unspecified atom stereocenters. The number of para-hydroxylation sites is 1. The van der Waals surface area contributed by atoms with Gasteiger partial charge in [-0.3, -0.25) is 14.2 Å². The zero-order valence-corrected chi connectivity index (χ0v) is 19.4. The van der Waals surface area contributed by atoms with Gasteiger partial charge in [-0.2, -0.15) is 10.2 Å². The van der Waals surface area contributed by atoms with E-state index in [9.17, 15) is 9.59 Å². The molecule has 1 aliphatic heterocycles. The number of aromatic nitrogens is 4. The first-order valence-corrected chi connectivity index (χ1v) is 12.4. The Balaban J connectivity index is 1.32. The molecule has 4 aromatic heterocycles. The van der Waals surface area contributed by atoms with Crippen LogP contribution in [-0.4, -0.2) is 36.0 Å². The first-order valence-electron chi connectivity index (χ1n) is 10.6. The summed E-state index contributed by atoms with van der Waals surface area (Å²) in [5, 5.41) is 14.9. The number of nitrogens with zero attached hydrogens (tertiary/aromatic N) is 6. The predicted octanol–water partition coefficient (Wildman–Crippen LogP) is 4.08. The van der Waals surface area contributed by atoms with Crippen LogP contribution in [0.1, 0.15) is 22.2 Å². The summed E-state index contributed by atoms with van der Waals surface area (Å²) in [6.45, 7) is -0.151. The first-order chi connectivity index (χ1) is 16.7. The number of carbonyl (C=O) groups is 1. The van der Waals surface area contributed by atoms with Gasteiger partial charge in [-0.05, 0) is 35.0 Å². The lowest BCUT2D eigenvalue weighted by molar-refractivity contribution is -0.133. The van der Waals surface area contributed by atoms with Crippen LogP contribution in [-0.2, 0) is 11.3 Å². The number of hydrogen-bond donors (Lipinski definition) is 0. The van der Waals surface area contributed by atoms with Crippen molar-refractivity contribution in [3.63, 3.8) is 0 Å². The Morgan fingerprint density at radius 1 is 1.03 bits per heavy atom. The Morgan fingerprint density at radius 2 is 1.85 bits per heavy atom. The summed E-state index contributed by atoms with van der Waals surface area (Å²) in [7, 11) is 0. The molecule has 1 atom stereocenters. The van der Waals surface area contributed by atoms with Crippen LogP contribution in [0.2, 0.25) is 0 Å². The van der Waals surface area contributed by atoms with Crippen LogP contribution in [0.3, 0.4) is 0 Å². The van der Waals surface area contributed by atoms with Crippen molar-refractivity contribution in [2.24, 2.45) is 5.10 Å². The van der Waals surface area contributed by atoms with Gasteiger partial charge in [0.15, 0.2) is 5.65 Å². The van der Waals surface area contributed by atoms with Gasteiger partial charge >= 0.3 is 0 Å². The first kappa shape index (κ1) is 20.7. The van der Waals surface area contributed by atoms with Crippen molar-refractivity contribution in [2.75, 3.05) is 0 Å². The average Bonchev–Trinajstić information content (AvgIpc) is 3.67. The molecule has 5 heterocycles. The van der Waals surface area contributed by atoms with Gasteiger partial charge in [0.05, 0.1) is 28.5 Å². The Labute approximate surface area is 202 Å². The largest absolute Gasteiger partial charge is 0.289 e. The van der Waals surface area contributed by atoms with E-state index in [1.165, 1.54) is 22.1 Å². The minimum absolute atomic E-state index is 0.151. The molecule has 0 saturated carbocycles. The predicted molar refractivity (Wildman–Crippen MR) is 133 cm³/mol.